The molecule has 0 saturated heterocycles. The van der Waals surface area contributed by atoms with E-state index in [1.165, 1.54) is 12.1 Å². The summed E-state index contributed by atoms with van der Waals surface area (Å²) in [4.78, 5) is 26.6. The summed E-state index contributed by atoms with van der Waals surface area (Å²) in [5.74, 6) is -0.679. The smallest absolute Gasteiger partial charge is 0.338 e. The molecule has 0 aliphatic heterocycles. The number of aromatic nitrogens is 1. The van der Waals surface area contributed by atoms with Crippen LogP contribution < -0.4 is 5.32 Å². The highest BCUT2D eigenvalue weighted by molar-refractivity contribution is 5.92. The van der Waals surface area contributed by atoms with Crippen molar-refractivity contribution in [2.75, 3.05) is 32.2 Å². The van der Waals surface area contributed by atoms with Gasteiger partial charge >= 0.3 is 12.0 Å². The molecule has 8 heteroatoms. The summed E-state index contributed by atoms with van der Waals surface area (Å²) in [5.41, 5.74) is 2.76. The molecule has 7 nitrogen and oxygen atoms in total. The number of benzene rings is 2. The largest absolute Gasteiger partial charge is 0.462 e. The van der Waals surface area contributed by atoms with Crippen molar-refractivity contribution in [1.29, 1.82) is 0 Å². The molecule has 0 aliphatic rings. The summed E-state index contributed by atoms with van der Waals surface area (Å²) in [5, 5.41) is 2.89. The lowest BCUT2D eigenvalue weighted by atomic mass is 10.2. The van der Waals surface area contributed by atoms with Crippen LogP contribution in [0.5, 0.6) is 0 Å². The summed E-state index contributed by atoms with van der Waals surface area (Å²) >= 11 is 0. The summed E-state index contributed by atoms with van der Waals surface area (Å²) in [6.45, 7) is 3.95. The number of ether oxygens (including phenoxy) is 2. The molecule has 0 aliphatic carbocycles. The first-order chi connectivity index (χ1) is 16.5. The van der Waals surface area contributed by atoms with Crippen molar-refractivity contribution in [3.05, 3.63) is 89.5 Å². The molecule has 0 bridgehead atoms. The minimum Gasteiger partial charge on any atom is -0.462 e. The second kappa shape index (κ2) is 12.6. The monoisotopic (exact) mass is 467 g/mol. The van der Waals surface area contributed by atoms with Crippen LogP contribution in [-0.2, 0) is 22.6 Å². The van der Waals surface area contributed by atoms with Crippen molar-refractivity contribution in [2.24, 2.45) is 0 Å². The van der Waals surface area contributed by atoms with Crippen molar-refractivity contribution >= 4 is 17.7 Å². The quantitative estimate of drug-likeness (QED) is 0.321. The van der Waals surface area contributed by atoms with E-state index in [-0.39, 0.29) is 11.8 Å². The minimum absolute atomic E-state index is 0.265. The molecule has 0 fully saturated rings. The number of esters is 1. The van der Waals surface area contributed by atoms with E-state index < -0.39 is 5.97 Å². The average Bonchev–Trinajstić information content (AvgIpc) is 3.25. The third-order valence-corrected chi connectivity index (χ3v) is 5.23. The molecular formula is C26H30FN3O4. The van der Waals surface area contributed by atoms with Gasteiger partial charge in [0.05, 0.1) is 18.7 Å². The van der Waals surface area contributed by atoms with Crippen LogP contribution in [0.2, 0.25) is 0 Å². The zero-order chi connectivity index (χ0) is 24.3. The van der Waals surface area contributed by atoms with Gasteiger partial charge in [0.15, 0.2) is 0 Å². The Kier molecular flexibility index (Phi) is 9.22. The van der Waals surface area contributed by atoms with Gasteiger partial charge in [-0.15, -0.1) is 0 Å². The van der Waals surface area contributed by atoms with Crippen molar-refractivity contribution in [1.82, 2.24) is 9.47 Å². The third kappa shape index (κ3) is 7.18. The van der Waals surface area contributed by atoms with E-state index in [9.17, 15) is 14.0 Å². The van der Waals surface area contributed by atoms with Crippen molar-refractivity contribution in [2.45, 2.75) is 26.4 Å². The Hall–Kier alpha value is -3.65. The average molecular weight is 468 g/mol. The number of rotatable bonds is 11. The molecule has 0 unspecified atom stereocenters. The molecule has 1 N–H and O–H groups in total. The summed E-state index contributed by atoms with van der Waals surface area (Å²) < 4.78 is 25.7. The van der Waals surface area contributed by atoms with Gasteiger partial charge in [0, 0.05) is 44.4 Å². The Morgan fingerprint density at radius 3 is 2.59 bits per heavy atom. The fourth-order valence-corrected chi connectivity index (χ4v) is 3.53. The Labute approximate surface area is 199 Å². The lowest BCUT2D eigenvalue weighted by molar-refractivity contribution is 0.0526. The zero-order valence-electron chi connectivity index (χ0n) is 19.5. The zero-order valence-corrected chi connectivity index (χ0v) is 19.5. The number of urea groups is 1. The predicted molar refractivity (Wildman–Crippen MR) is 128 cm³/mol. The summed E-state index contributed by atoms with van der Waals surface area (Å²) in [7, 11) is 1.62. The number of carbonyl (C=O) groups excluding carboxylic acids is 2. The predicted octanol–water partition coefficient (Wildman–Crippen LogP) is 4.92. The van der Waals surface area contributed by atoms with E-state index in [4.69, 9.17) is 9.47 Å². The Morgan fingerprint density at radius 1 is 1.09 bits per heavy atom. The second-order valence-corrected chi connectivity index (χ2v) is 7.75. The first-order valence-corrected chi connectivity index (χ1v) is 11.2. The Balaban J connectivity index is 1.70. The lowest BCUT2D eigenvalue weighted by Gasteiger charge is -2.24. The maximum atomic E-state index is 13.6. The van der Waals surface area contributed by atoms with E-state index in [0.717, 1.165) is 11.3 Å². The molecule has 1 aromatic heterocycles. The van der Waals surface area contributed by atoms with E-state index in [1.807, 2.05) is 29.0 Å². The first kappa shape index (κ1) is 25.0. The fraction of sp³-hybridized carbons (Fsp3) is 0.308. The number of carbonyl (C=O) groups is 2. The van der Waals surface area contributed by atoms with Gasteiger partial charge in [-0.3, -0.25) is 0 Å². The van der Waals surface area contributed by atoms with Crippen LogP contribution in [0.4, 0.5) is 14.9 Å². The number of amides is 2. The highest BCUT2D eigenvalue weighted by atomic mass is 19.1. The van der Waals surface area contributed by atoms with Gasteiger partial charge in [0.1, 0.15) is 5.82 Å². The van der Waals surface area contributed by atoms with Crippen LogP contribution in [0, 0.1) is 5.82 Å². The van der Waals surface area contributed by atoms with Gasteiger partial charge in [-0.2, -0.15) is 0 Å². The number of anilines is 1. The van der Waals surface area contributed by atoms with Gasteiger partial charge in [0.25, 0.3) is 0 Å². The number of methoxy groups -OCH3 is 1. The van der Waals surface area contributed by atoms with Gasteiger partial charge < -0.3 is 24.3 Å². The van der Waals surface area contributed by atoms with Crippen LogP contribution in [0.15, 0.2) is 66.9 Å². The molecule has 34 heavy (non-hydrogen) atoms. The van der Waals surface area contributed by atoms with Gasteiger partial charge in [0.2, 0.25) is 0 Å². The highest BCUT2D eigenvalue weighted by Crippen LogP contribution is 2.15. The number of nitrogens with zero attached hydrogens (tertiary/aromatic N) is 2. The fourth-order valence-electron chi connectivity index (χ4n) is 3.53. The molecular weight excluding hydrogens is 437 g/mol. The summed E-state index contributed by atoms with van der Waals surface area (Å²) in [6.07, 6.45) is 2.59. The molecule has 3 rings (SSSR count). The molecule has 0 spiro atoms. The lowest BCUT2D eigenvalue weighted by Crippen LogP contribution is -2.36. The summed E-state index contributed by atoms with van der Waals surface area (Å²) in [6, 6.07) is 16.7. The maximum Gasteiger partial charge on any atom is 0.338 e. The van der Waals surface area contributed by atoms with E-state index in [2.05, 4.69) is 5.32 Å². The standard InChI is InChI=1S/C26H30FN3O4/c1-3-34-25(31)21-10-12-23(13-11-21)28-26(32)30(15-6-16-33-2)19-24-9-5-14-29(24)18-20-7-4-8-22(27)17-20/h4-5,7-14,17H,3,6,15-16,18-19H2,1-2H3,(H,28,32). The van der Waals surface area contributed by atoms with Gasteiger partial charge in [-0.25, -0.2) is 14.0 Å². The Morgan fingerprint density at radius 2 is 1.88 bits per heavy atom. The van der Waals surface area contributed by atoms with Crippen LogP contribution in [0.3, 0.4) is 0 Å². The highest BCUT2D eigenvalue weighted by Gasteiger charge is 2.17. The van der Waals surface area contributed by atoms with E-state index in [1.54, 1.807) is 49.3 Å². The van der Waals surface area contributed by atoms with E-state index >= 15 is 0 Å². The Bertz CT molecular complexity index is 1080. The molecule has 0 radical (unpaired) electrons. The number of hydrogen-bond donors (Lipinski definition) is 1. The topological polar surface area (TPSA) is 72.8 Å². The SMILES string of the molecule is CCOC(=O)c1ccc(NC(=O)N(CCCOC)Cc2cccn2Cc2cccc(F)c2)cc1. The van der Waals surface area contributed by atoms with Crippen molar-refractivity contribution in [3.63, 3.8) is 0 Å². The minimum atomic E-state index is -0.402. The van der Waals surface area contributed by atoms with Crippen LogP contribution in [0.25, 0.3) is 0 Å². The molecule has 180 valence electrons. The van der Waals surface area contributed by atoms with Crippen molar-refractivity contribution < 1.29 is 23.5 Å². The van der Waals surface area contributed by atoms with Crippen molar-refractivity contribution in [3.8, 4) is 0 Å². The first-order valence-electron chi connectivity index (χ1n) is 11.2. The normalized spacial score (nSPS) is 10.7. The van der Waals surface area contributed by atoms with E-state index in [0.29, 0.717) is 50.5 Å². The number of halogens is 1. The number of nitrogens with one attached hydrogen (secondary N) is 1. The third-order valence-electron chi connectivity index (χ3n) is 5.23. The number of hydrogen-bond acceptors (Lipinski definition) is 4. The van der Waals surface area contributed by atoms with Crippen LogP contribution in [0.1, 0.15) is 35.0 Å². The van der Waals surface area contributed by atoms with Gasteiger partial charge in [-0.05, 0) is 67.4 Å². The van der Waals surface area contributed by atoms with Crippen LogP contribution in [-0.4, -0.2) is 48.3 Å². The molecule has 2 amide bonds. The van der Waals surface area contributed by atoms with Crippen LogP contribution >= 0.6 is 0 Å². The molecule has 0 saturated carbocycles. The molecule has 2 aromatic carbocycles. The maximum absolute atomic E-state index is 13.6. The second-order valence-electron chi connectivity index (χ2n) is 7.75. The molecule has 1 heterocycles. The molecule has 3 aromatic rings. The van der Waals surface area contributed by atoms with Gasteiger partial charge in [-0.1, -0.05) is 12.1 Å². The molecule has 0 atom stereocenters.